The van der Waals surface area contributed by atoms with E-state index in [1.54, 1.807) is 0 Å². The van der Waals surface area contributed by atoms with Gasteiger partial charge in [0.25, 0.3) is 0 Å². The molecule has 0 aliphatic heterocycles. The van der Waals surface area contributed by atoms with Crippen LogP contribution in [-0.2, 0) is 21.3 Å². The molecule has 0 radical (unpaired) electrons. The van der Waals surface area contributed by atoms with Crippen LogP contribution in [0.2, 0.25) is 5.02 Å². The van der Waals surface area contributed by atoms with Gasteiger partial charge in [-0.1, -0.05) is 11.6 Å². The lowest BCUT2D eigenvalue weighted by Gasteiger charge is -2.23. The highest BCUT2D eigenvalue weighted by atomic mass is 35.5. The highest BCUT2D eigenvalue weighted by Gasteiger charge is 2.22. The number of hydrogen-bond acceptors (Lipinski definition) is 5. The molecule has 1 aromatic carbocycles. The number of nitrogens with zero attached hydrogens (tertiary/aromatic N) is 2. The van der Waals surface area contributed by atoms with E-state index < -0.39 is 21.8 Å². The largest absolute Gasteiger partial charge is 0.465 e. The molecule has 0 unspecified atom stereocenters. The summed E-state index contributed by atoms with van der Waals surface area (Å²) >= 11 is 5.76. The lowest BCUT2D eigenvalue weighted by Crippen LogP contribution is -2.32. The number of hydrogen-bond donors (Lipinski definition) is 0. The minimum absolute atomic E-state index is 0.0837. The van der Waals surface area contributed by atoms with Crippen LogP contribution in [0.15, 0.2) is 36.5 Å². The Labute approximate surface area is 150 Å². The van der Waals surface area contributed by atoms with Crippen molar-refractivity contribution in [3.63, 3.8) is 0 Å². The molecule has 2 rings (SSSR count). The second kappa shape index (κ2) is 7.79. The van der Waals surface area contributed by atoms with E-state index in [9.17, 15) is 17.6 Å². The molecule has 0 fully saturated rings. The van der Waals surface area contributed by atoms with Crippen molar-refractivity contribution < 1.29 is 22.3 Å². The summed E-state index contributed by atoms with van der Waals surface area (Å²) in [5.74, 6) is -1.33. The fourth-order valence-corrected chi connectivity index (χ4v) is 3.30. The van der Waals surface area contributed by atoms with Crippen molar-refractivity contribution in [1.82, 2.24) is 4.98 Å². The molecule has 0 amide bonds. The quantitative estimate of drug-likeness (QED) is 0.713. The first kappa shape index (κ1) is 19.1. The zero-order chi connectivity index (χ0) is 18.6. The molecule has 0 bridgehead atoms. The smallest absolute Gasteiger partial charge is 0.339 e. The van der Waals surface area contributed by atoms with Crippen molar-refractivity contribution in [2.24, 2.45) is 0 Å². The number of halogens is 2. The zero-order valence-electron chi connectivity index (χ0n) is 13.6. The van der Waals surface area contributed by atoms with Crippen LogP contribution in [0.3, 0.4) is 0 Å². The van der Waals surface area contributed by atoms with Crippen molar-refractivity contribution in [2.45, 2.75) is 13.5 Å². The Hall–Kier alpha value is -2.19. The average Bonchev–Trinajstić information content (AvgIpc) is 2.61. The summed E-state index contributed by atoms with van der Waals surface area (Å²) in [6, 6.07) is 6.69. The van der Waals surface area contributed by atoms with Crippen LogP contribution in [0.25, 0.3) is 0 Å². The van der Waals surface area contributed by atoms with Gasteiger partial charge >= 0.3 is 5.97 Å². The van der Waals surface area contributed by atoms with Gasteiger partial charge in [-0.25, -0.2) is 17.6 Å². The predicted molar refractivity (Wildman–Crippen MR) is 92.6 cm³/mol. The van der Waals surface area contributed by atoms with Gasteiger partial charge in [0.2, 0.25) is 10.0 Å². The number of rotatable bonds is 6. The normalized spacial score (nSPS) is 11.2. The van der Waals surface area contributed by atoms with Crippen molar-refractivity contribution in [1.29, 1.82) is 0 Å². The Morgan fingerprint density at radius 3 is 2.56 bits per heavy atom. The molecule has 0 aliphatic carbocycles. The van der Waals surface area contributed by atoms with E-state index in [2.05, 4.69) is 9.72 Å². The molecule has 2 aromatic rings. The third kappa shape index (κ3) is 4.46. The average molecular weight is 387 g/mol. The number of pyridine rings is 1. The first-order chi connectivity index (χ1) is 11.8. The number of esters is 1. The Kier molecular flexibility index (Phi) is 5.97. The number of sulfonamides is 1. The first-order valence-corrected chi connectivity index (χ1v) is 9.26. The minimum atomic E-state index is -3.65. The maximum Gasteiger partial charge on any atom is 0.339 e. The van der Waals surface area contributed by atoms with Crippen molar-refractivity contribution in [3.05, 3.63) is 58.6 Å². The lowest BCUT2D eigenvalue weighted by atomic mass is 10.2. The Morgan fingerprint density at radius 2 is 2.04 bits per heavy atom. The van der Waals surface area contributed by atoms with E-state index in [0.717, 1.165) is 10.4 Å². The summed E-state index contributed by atoms with van der Waals surface area (Å²) in [5.41, 5.74) is 0.887. The van der Waals surface area contributed by atoms with Gasteiger partial charge in [0.1, 0.15) is 5.82 Å². The summed E-state index contributed by atoms with van der Waals surface area (Å²) in [7, 11) is -2.40. The van der Waals surface area contributed by atoms with Gasteiger partial charge in [-0.15, -0.1) is 0 Å². The van der Waals surface area contributed by atoms with Crippen LogP contribution in [0, 0.1) is 5.82 Å². The van der Waals surface area contributed by atoms with Gasteiger partial charge in [0.05, 0.1) is 41.4 Å². The number of carbonyl (C=O) groups excluding carboxylic acids is 1. The van der Waals surface area contributed by atoms with E-state index in [0.29, 0.717) is 5.69 Å². The molecule has 0 atom stereocenters. The molecule has 0 aliphatic rings. The minimum Gasteiger partial charge on any atom is -0.465 e. The first-order valence-electron chi connectivity index (χ1n) is 7.27. The summed E-state index contributed by atoms with van der Waals surface area (Å²) in [4.78, 5) is 15.5. The summed E-state index contributed by atoms with van der Waals surface area (Å²) < 4.78 is 43.9. The summed E-state index contributed by atoms with van der Waals surface area (Å²) in [6.07, 6.45) is 1.30. The molecule has 0 spiro atoms. The van der Waals surface area contributed by atoms with Gasteiger partial charge in [-0.05, 0) is 37.3 Å². The molecule has 9 heteroatoms. The highest BCUT2D eigenvalue weighted by molar-refractivity contribution is 7.92. The topological polar surface area (TPSA) is 76.6 Å². The molecular weight excluding hydrogens is 371 g/mol. The van der Waals surface area contributed by atoms with Crippen LogP contribution < -0.4 is 4.31 Å². The van der Waals surface area contributed by atoms with Crippen LogP contribution in [0.5, 0.6) is 0 Å². The predicted octanol–water partition coefficient (Wildman–Crippen LogP) is 3.02. The zero-order valence-corrected chi connectivity index (χ0v) is 15.1. The lowest BCUT2D eigenvalue weighted by molar-refractivity contribution is 0.0600. The molecule has 0 N–H and O–H groups in total. The molecule has 134 valence electrons. The molecular formula is C16H16ClFN2O4S. The molecule has 0 saturated carbocycles. The van der Waals surface area contributed by atoms with Crippen molar-refractivity contribution >= 4 is 33.3 Å². The Bertz CT molecular complexity index is 872. The third-order valence-corrected chi connectivity index (χ3v) is 5.47. The van der Waals surface area contributed by atoms with E-state index in [4.69, 9.17) is 11.6 Å². The van der Waals surface area contributed by atoms with Gasteiger partial charge < -0.3 is 4.74 Å². The Morgan fingerprint density at radius 1 is 1.32 bits per heavy atom. The van der Waals surface area contributed by atoms with E-state index in [-0.39, 0.29) is 28.6 Å². The number of carbonyl (C=O) groups is 1. The number of benzene rings is 1. The number of anilines is 1. The number of methoxy groups -OCH3 is 1. The van der Waals surface area contributed by atoms with Gasteiger partial charge in [-0.2, -0.15) is 0 Å². The second-order valence-corrected chi connectivity index (χ2v) is 7.62. The number of ether oxygens (including phenoxy) is 1. The highest BCUT2D eigenvalue weighted by Crippen LogP contribution is 2.26. The second-order valence-electron chi connectivity index (χ2n) is 5.04. The van der Waals surface area contributed by atoms with Crippen LogP contribution >= 0.6 is 11.6 Å². The molecule has 1 aromatic heterocycles. The molecule has 1 heterocycles. The van der Waals surface area contributed by atoms with Crippen LogP contribution in [0.1, 0.15) is 23.0 Å². The SMILES string of the molecule is CCS(=O)(=O)N(Cc1ccc(C(=O)OC)cn1)c1ccc(F)c(Cl)c1. The van der Waals surface area contributed by atoms with Crippen LogP contribution in [0.4, 0.5) is 10.1 Å². The fraction of sp³-hybridized carbons (Fsp3) is 0.250. The monoisotopic (exact) mass is 386 g/mol. The van der Waals surface area contributed by atoms with E-state index in [1.807, 2.05) is 0 Å². The van der Waals surface area contributed by atoms with Crippen LogP contribution in [-0.4, -0.2) is 32.2 Å². The molecule has 6 nitrogen and oxygen atoms in total. The molecule has 0 saturated heterocycles. The number of aromatic nitrogens is 1. The van der Waals surface area contributed by atoms with Gasteiger partial charge in [0, 0.05) is 6.20 Å². The van der Waals surface area contributed by atoms with Crippen molar-refractivity contribution in [3.8, 4) is 0 Å². The maximum atomic E-state index is 13.4. The third-order valence-electron chi connectivity index (χ3n) is 3.44. The standard InChI is InChI=1S/C16H16ClFN2O4S/c1-3-25(22,23)20(13-6-7-15(18)14(17)8-13)10-12-5-4-11(9-19-12)16(21)24-2/h4-9H,3,10H2,1-2H3. The summed E-state index contributed by atoms with van der Waals surface area (Å²) in [5, 5.41) is -0.178. The summed E-state index contributed by atoms with van der Waals surface area (Å²) in [6.45, 7) is 1.42. The van der Waals surface area contributed by atoms with E-state index >= 15 is 0 Å². The van der Waals surface area contributed by atoms with Crippen molar-refractivity contribution in [2.75, 3.05) is 17.2 Å². The Balaban J connectivity index is 2.37. The fourth-order valence-electron chi connectivity index (χ4n) is 2.05. The maximum absolute atomic E-state index is 13.4. The van der Waals surface area contributed by atoms with Gasteiger partial charge in [-0.3, -0.25) is 9.29 Å². The van der Waals surface area contributed by atoms with E-state index in [1.165, 1.54) is 44.5 Å². The van der Waals surface area contributed by atoms with Gasteiger partial charge in [0.15, 0.2) is 0 Å². The molecule has 25 heavy (non-hydrogen) atoms.